The predicted octanol–water partition coefficient (Wildman–Crippen LogP) is 4.29. The van der Waals surface area contributed by atoms with Crippen LogP contribution in [0.15, 0.2) is 22.7 Å². The topological polar surface area (TPSA) is 29.1 Å². The molecule has 1 rings (SSSR count). The van der Waals surface area contributed by atoms with E-state index in [1.807, 2.05) is 5.32 Å². The first-order valence-electron chi connectivity index (χ1n) is 5.51. The molecule has 0 radical (unpaired) electrons. The van der Waals surface area contributed by atoms with Crippen LogP contribution in [0.3, 0.4) is 0 Å². The van der Waals surface area contributed by atoms with E-state index in [4.69, 9.17) is 0 Å². The summed E-state index contributed by atoms with van der Waals surface area (Å²) in [6, 6.07) is 4.91. The molecule has 2 nitrogen and oxygen atoms in total. The monoisotopic (exact) mass is 323 g/mol. The van der Waals surface area contributed by atoms with Gasteiger partial charge < -0.3 is 5.32 Å². The molecule has 0 aliphatic rings. The van der Waals surface area contributed by atoms with Gasteiger partial charge in [-0.05, 0) is 46.5 Å². The summed E-state index contributed by atoms with van der Waals surface area (Å²) in [5.74, 6) is -1.97. The molecule has 0 saturated heterocycles. The maximum absolute atomic E-state index is 12.1. The Bertz CT molecular complexity index is 432. The highest BCUT2D eigenvalue weighted by Gasteiger charge is 2.38. The standard InChI is InChI=1S/C12H13BrF3NO/c1-2-3-4-8-5-6-10(9(13)7-8)17-11(18)12(14,15)16/h5-7H,2-4H2,1H3,(H,17,18). The fourth-order valence-corrected chi connectivity index (χ4v) is 1.91. The van der Waals surface area contributed by atoms with Gasteiger partial charge in [-0.25, -0.2) is 0 Å². The largest absolute Gasteiger partial charge is 0.471 e. The number of anilines is 1. The number of carbonyl (C=O) groups is 1. The van der Waals surface area contributed by atoms with Gasteiger partial charge in [-0.15, -0.1) is 0 Å². The van der Waals surface area contributed by atoms with E-state index in [0.717, 1.165) is 24.8 Å². The summed E-state index contributed by atoms with van der Waals surface area (Å²) in [5, 5.41) is 1.82. The third kappa shape index (κ3) is 4.33. The Labute approximate surface area is 112 Å². The summed E-state index contributed by atoms with van der Waals surface area (Å²) in [4.78, 5) is 10.8. The van der Waals surface area contributed by atoms with Crippen LogP contribution in [0.2, 0.25) is 0 Å². The summed E-state index contributed by atoms with van der Waals surface area (Å²) >= 11 is 3.15. The Morgan fingerprint density at radius 3 is 2.56 bits per heavy atom. The van der Waals surface area contributed by atoms with Gasteiger partial charge in [0.25, 0.3) is 0 Å². The molecule has 18 heavy (non-hydrogen) atoms. The van der Waals surface area contributed by atoms with Crippen molar-refractivity contribution < 1.29 is 18.0 Å². The Hall–Kier alpha value is -1.04. The van der Waals surface area contributed by atoms with Crippen LogP contribution in [-0.4, -0.2) is 12.1 Å². The lowest BCUT2D eigenvalue weighted by Crippen LogP contribution is -2.30. The minimum Gasteiger partial charge on any atom is -0.317 e. The lowest BCUT2D eigenvalue weighted by Gasteiger charge is -2.10. The molecule has 0 saturated carbocycles. The minimum absolute atomic E-state index is 0.123. The highest BCUT2D eigenvalue weighted by Crippen LogP contribution is 2.26. The van der Waals surface area contributed by atoms with Crippen molar-refractivity contribution in [2.45, 2.75) is 32.4 Å². The maximum atomic E-state index is 12.1. The molecular weight excluding hydrogens is 311 g/mol. The van der Waals surface area contributed by atoms with Crippen LogP contribution >= 0.6 is 15.9 Å². The second-order valence-corrected chi connectivity index (χ2v) is 4.72. The minimum atomic E-state index is -4.87. The molecule has 6 heteroatoms. The van der Waals surface area contributed by atoms with Crippen molar-refractivity contribution in [3.8, 4) is 0 Å². The number of amides is 1. The van der Waals surface area contributed by atoms with Crippen LogP contribution < -0.4 is 5.32 Å². The molecule has 1 aromatic carbocycles. The van der Waals surface area contributed by atoms with Gasteiger partial charge in [0.2, 0.25) is 0 Å². The molecule has 0 atom stereocenters. The average Bonchev–Trinajstić information content (AvgIpc) is 2.28. The van der Waals surface area contributed by atoms with Gasteiger partial charge in [0, 0.05) is 4.47 Å². The zero-order chi connectivity index (χ0) is 13.8. The molecule has 0 fully saturated rings. The first kappa shape index (κ1) is 15.0. The van der Waals surface area contributed by atoms with E-state index in [2.05, 4.69) is 22.9 Å². The van der Waals surface area contributed by atoms with E-state index in [9.17, 15) is 18.0 Å². The summed E-state index contributed by atoms with van der Waals surface area (Å²) in [6.45, 7) is 2.06. The smallest absolute Gasteiger partial charge is 0.317 e. The van der Waals surface area contributed by atoms with Crippen molar-refractivity contribution in [2.75, 3.05) is 5.32 Å². The van der Waals surface area contributed by atoms with Crippen molar-refractivity contribution >= 4 is 27.5 Å². The Morgan fingerprint density at radius 2 is 2.06 bits per heavy atom. The van der Waals surface area contributed by atoms with Gasteiger partial charge in [-0.3, -0.25) is 4.79 Å². The number of aryl methyl sites for hydroxylation is 1. The lowest BCUT2D eigenvalue weighted by atomic mass is 10.1. The van der Waals surface area contributed by atoms with Crippen molar-refractivity contribution in [1.82, 2.24) is 0 Å². The summed E-state index contributed by atoms with van der Waals surface area (Å²) in [6.07, 6.45) is -1.95. The second kappa shape index (κ2) is 6.22. The van der Waals surface area contributed by atoms with Crippen molar-refractivity contribution in [3.05, 3.63) is 28.2 Å². The summed E-state index contributed by atoms with van der Waals surface area (Å²) < 4.78 is 36.7. The Kier molecular flexibility index (Phi) is 5.19. The zero-order valence-corrected chi connectivity index (χ0v) is 11.4. The van der Waals surface area contributed by atoms with Crippen molar-refractivity contribution in [2.24, 2.45) is 0 Å². The molecule has 0 aliphatic carbocycles. The van der Waals surface area contributed by atoms with Crippen molar-refractivity contribution in [3.63, 3.8) is 0 Å². The first-order valence-corrected chi connectivity index (χ1v) is 6.30. The van der Waals surface area contributed by atoms with Crippen LogP contribution in [0.25, 0.3) is 0 Å². The molecule has 1 aromatic rings. The third-order valence-corrected chi connectivity index (χ3v) is 3.01. The molecule has 0 unspecified atom stereocenters. The third-order valence-electron chi connectivity index (χ3n) is 2.36. The fraction of sp³-hybridized carbons (Fsp3) is 0.417. The highest BCUT2D eigenvalue weighted by molar-refractivity contribution is 9.10. The quantitative estimate of drug-likeness (QED) is 0.879. The molecule has 100 valence electrons. The second-order valence-electron chi connectivity index (χ2n) is 3.87. The van der Waals surface area contributed by atoms with Crippen LogP contribution in [0.1, 0.15) is 25.3 Å². The van der Waals surface area contributed by atoms with Gasteiger partial charge >= 0.3 is 12.1 Å². The molecular formula is C12H13BrF3NO. The SMILES string of the molecule is CCCCc1ccc(NC(=O)C(F)(F)F)c(Br)c1. The number of unbranched alkanes of at least 4 members (excludes halogenated alkanes) is 1. The van der Waals surface area contributed by atoms with Gasteiger partial charge in [-0.1, -0.05) is 19.4 Å². The van der Waals surface area contributed by atoms with Crippen molar-refractivity contribution in [1.29, 1.82) is 0 Å². The van der Waals surface area contributed by atoms with Crippen LogP contribution in [0, 0.1) is 0 Å². The predicted molar refractivity (Wildman–Crippen MR) is 67.4 cm³/mol. The Balaban J connectivity index is 2.77. The fourth-order valence-electron chi connectivity index (χ4n) is 1.39. The van der Waals surface area contributed by atoms with E-state index < -0.39 is 12.1 Å². The molecule has 0 bridgehead atoms. The molecule has 1 N–H and O–H groups in total. The molecule has 0 aliphatic heterocycles. The van der Waals surface area contributed by atoms with E-state index in [-0.39, 0.29) is 5.69 Å². The van der Waals surface area contributed by atoms with Gasteiger partial charge in [0.05, 0.1) is 5.69 Å². The van der Waals surface area contributed by atoms with E-state index >= 15 is 0 Å². The first-order chi connectivity index (χ1) is 8.34. The normalized spacial score (nSPS) is 11.4. The average molecular weight is 324 g/mol. The summed E-state index contributed by atoms with van der Waals surface area (Å²) in [5.41, 5.74) is 1.14. The van der Waals surface area contributed by atoms with Crippen LogP contribution in [-0.2, 0) is 11.2 Å². The number of carbonyl (C=O) groups excluding carboxylic acids is 1. The Morgan fingerprint density at radius 1 is 1.39 bits per heavy atom. The molecule has 0 heterocycles. The number of halogens is 4. The molecule has 0 aromatic heterocycles. The van der Waals surface area contributed by atoms with E-state index in [0.29, 0.717) is 4.47 Å². The zero-order valence-electron chi connectivity index (χ0n) is 9.77. The van der Waals surface area contributed by atoms with Gasteiger partial charge in [0.1, 0.15) is 0 Å². The lowest BCUT2D eigenvalue weighted by molar-refractivity contribution is -0.167. The number of benzene rings is 1. The highest BCUT2D eigenvalue weighted by atomic mass is 79.9. The van der Waals surface area contributed by atoms with E-state index in [1.165, 1.54) is 6.07 Å². The number of hydrogen-bond acceptors (Lipinski definition) is 1. The maximum Gasteiger partial charge on any atom is 0.471 e. The number of rotatable bonds is 4. The summed E-state index contributed by atoms with van der Waals surface area (Å²) in [7, 11) is 0. The number of hydrogen-bond donors (Lipinski definition) is 1. The molecule has 0 spiro atoms. The molecule has 1 amide bonds. The number of nitrogens with one attached hydrogen (secondary N) is 1. The van der Waals surface area contributed by atoms with Gasteiger partial charge in [0.15, 0.2) is 0 Å². The van der Waals surface area contributed by atoms with Gasteiger partial charge in [-0.2, -0.15) is 13.2 Å². The van der Waals surface area contributed by atoms with E-state index in [1.54, 1.807) is 12.1 Å². The number of alkyl halides is 3. The van der Waals surface area contributed by atoms with Crippen LogP contribution in [0.4, 0.5) is 18.9 Å². The van der Waals surface area contributed by atoms with Crippen LogP contribution in [0.5, 0.6) is 0 Å².